The molecule has 0 aliphatic heterocycles. The van der Waals surface area contributed by atoms with Gasteiger partial charge in [0, 0.05) is 12.1 Å². The van der Waals surface area contributed by atoms with Gasteiger partial charge in [0.15, 0.2) is 0 Å². The number of aromatic nitrogens is 1. The van der Waals surface area contributed by atoms with Gasteiger partial charge in [-0.05, 0) is 37.5 Å². The number of fused-ring (bicyclic) bond motifs is 1. The minimum absolute atomic E-state index is 0.0914. The molecule has 1 aromatic carbocycles. The van der Waals surface area contributed by atoms with E-state index < -0.39 is 10.4 Å². The largest absolute Gasteiger partial charge is 0.726 e. The van der Waals surface area contributed by atoms with Crippen LogP contribution in [-0.4, -0.2) is 25.3 Å². The zero-order valence-corrected chi connectivity index (χ0v) is 16.8. The maximum absolute atomic E-state index is 9.45. The molecular formula is C16H23NO4S3. The Labute approximate surface area is 152 Å². The van der Waals surface area contributed by atoms with E-state index in [0.717, 1.165) is 12.3 Å². The van der Waals surface area contributed by atoms with E-state index in [-0.39, 0.29) is 6.61 Å². The molecule has 0 bridgehead atoms. The maximum Gasteiger partial charge on any atom is 0.263 e. The van der Waals surface area contributed by atoms with Crippen molar-refractivity contribution in [3.8, 4) is 0 Å². The zero-order chi connectivity index (χ0) is 18.2. The standard InChI is InChI=1S/C14H18NS2.C2H6O4S/c1-4-15-12-8-6-7-9-13(12)17-14(15)10-11(3)16-5-2;1-2-6-7(3,4)5/h6-10H,4-5H2,1-3H3;2H2,1H3,(H,3,4,5)/q+1;/p-1. The molecule has 0 spiro atoms. The molecule has 1 aromatic heterocycles. The number of benzene rings is 1. The average Bonchev–Trinajstić information content (AvgIpc) is 2.83. The van der Waals surface area contributed by atoms with E-state index in [1.165, 1.54) is 27.1 Å². The van der Waals surface area contributed by atoms with E-state index in [1.807, 2.05) is 23.1 Å². The van der Waals surface area contributed by atoms with Gasteiger partial charge >= 0.3 is 0 Å². The quantitative estimate of drug-likeness (QED) is 0.427. The lowest BCUT2D eigenvalue weighted by Crippen LogP contribution is -2.33. The summed E-state index contributed by atoms with van der Waals surface area (Å²) < 4.78 is 35.8. The Morgan fingerprint density at radius 2 is 2.00 bits per heavy atom. The summed E-state index contributed by atoms with van der Waals surface area (Å²) in [4.78, 5) is 1.39. The first-order chi connectivity index (χ1) is 11.3. The third kappa shape index (κ3) is 6.90. The van der Waals surface area contributed by atoms with Crippen LogP contribution < -0.4 is 4.57 Å². The van der Waals surface area contributed by atoms with Crippen LogP contribution in [0.3, 0.4) is 0 Å². The molecule has 134 valence electrons. The second kappa shape index (κ2) is 10.1. The molecular weight excluding hydrogens is 366 g/mol. The number of allylic oxidation sites excluding steroid dienone is 1. The third-order valence-corrected chi connectivity index (χ3v) is 5.41. The van der Waals surface area contributed by atoms with Gasteiger partial charge < -0.3 is 4.55 Å². The third-order valence-electron chi connectivity index (χ3n) is 2.91. The highest BCUT2D eigenvalue weighted by atomic mass is 32.3. The number of rotatable bonds is 6. The second-order valence-electron chi connectivity index (χ2n) is 4.66. The lowest BCUT2D eigenvalue weighted by molar-refractivity contribution is -0.665. The van der Waals surface area contributed by atoms with Crippen molar-refractivity contribution in [1.82, 2.24) is 0 Å². The van der Waals surface area contributed by atoms with E-state index in [0.29, 0.717) is 0 Å². The van der Waals surface area contributed by atoms with Gasteiger partial charge in [-0.15, -0.1) is 11.8 Å². The summed E-state index contributed by atoms with van der Waals surface area (Å²) in [6.07, 6.45) is 2.31. The number of para-hydroxylation sites is 1. The number of thiazole rings is 1. The molecule has 0 aliphatic rings. The van der Waals surface area contributed by atoms with Gasteiger partial charge in [-0.2, -0.15) is 4.57 Å². The first-order valence-corrected chi connectivity index (χ1v) is 10.8. The first-order valence-electron chi connectivity index (χ1n) is 7.65. The van der Waals surface area contributed by atoms with Gasteiger partial charge in [0.2, 0.25) is 15.9 Å². The SMILES string of the molecule is CCOS(=O)(=O)[O-].CCSC(C)=Cc1sc2ccccc2[n+]1CC. The first kappa shape index (κ1) is 21.1. The summed E-state index contributed by atoms with van der Waals surface area (Å²) >= 11 is 3.79. The highest BCUT2D eigenvalue weighted by Crippen LogP contribution is 2.24. The van der Waals surface area contributed by atoms with E-state index in [4.69, 9.17) is 0 Å². The summed E-state index contributed by atoms with van der Waals surface area (Å²) in [5.74, 6) is 1.14. The molecule has 0 unspecified atom stereocenters. The van der Waals surface area contributed by atoms with Crippen LogP contribution >= 0.6 is 23.1 Å². The van der Waals surface area contributed by atoms with Crippen molar-refractivity contribution in [1.29, 1.82) is 0 Å². The monoisotopic (exact) mass is 389 g/mol. The molecule has 0 saturated heterocycles. The summed E-state index contributed by atoms with van der Waals surface area (Å²) in [7, 11) is -4.42. The zero-order valence-electron chi connectivity index (χ0n) is 14.3. The van der Waals surface area contributed by atoms with Gasteiger partial charge in [0.1, 0.15) is 11.2 Å². The predicted octanol–water partition coefficient (Wildman–Crippen LogP) is 3.81. The molecule has 0 atom stereocenters. The van der Waals surface area contributed by atoms with Crippen LogP contribution in [0, 0.1) is 0 Å². The average molecular weight is 390 g/mol. The molecule has 24 heavy (non-hydrogen) atoms. The minimum atomic E-state index is -4.42. The smallest absolute Gasteiger partial charge is 0.263 e. The molecule has 1 heterocycles. The summed E-state index contributed by atoms with van der Waals surface area (Å²) in [6, 6.07) is 8.63. The molecule has 0 N–H and O–H groups in total. The lowest BCUT2D eigenvalue weighted by atomic mass is 10.3. The van der Waals surface area contributed by atoms with Crippen molar-refractivity contribution >= 4 is 49.8 Å². The fraction of sp³-hybridized carbons (Fsp3) is 0.438. The van der Waals surface area contributed by atoms with Crippen molar-refractivity contribution < 1.29 is 21.7 Å². The maximum atomic E-state index is 9.45. The van der Waals surface area contributed by atoms with Gasteiger partial charge in [0.25, 0.3) is 5.01 Å². The predicted molar refractivity (Wildman–Crippen MR) is 101 cm³/mol. The molecule has 0 amide bonds. The highest BCUT2D eigenvalue weighted by Gasteiger charge is 2.16. The van der Waals surface area contributed by atoms with Crippen LogP contribution in [0.1, 0.15) is 32.7 Å². The van der Waals surface area contributed by atoms with Gasteiger partial charge in [-0.3, -0.25) is 4.18 Å². The number of hydrogen-bond donors (Lipinski definition) is 0. The van der Waals surface area contributed by atoms with Crippen LogP contribution in [-0.2, 0) is 21.1 Å². The van der Waals surface area contributed by atoms with Crippen LogP contribution in [0.4, 0.5) is 0 Å². The lowest BCUT2D eigenvalue weighted by Gasteiger charge is -2.02. The Hall–Kier alpha value is -0.930. The summed E-state index contributed by atoms with van der Waals surface area (Å²) in [6.45, 7) is 8.96. The Balaban J connectivity index is 0.000000351. The fourth-order valence-electron chi connectivity index (χ4n) is 2.07. The molecule has 2 aromatic rings. The van der Waals surface area contributed by atoms with Crippen LogP contribution in [0.15, 0.2) is 29.2 Å². The van der Waals surface area contributed by atoms with Gasteiger partial charge in [0.05, 0.1) is 6.61 Å². The molecule has 0 radical (unpaired) electrons. The Morgan fingerprint density at radius 1 is 1.33 bits per heavy atom. The topological polar surface area (TPSA) is 70.3 Å². The molecule has 8 heteroatoms. The van der Waals surface area contributed by atoms with Crippen molar-refractivity contribution in [2.75, 3.05) is 12.4 Å². The highest BCUT2D eigenvalue weighted by molar-refractivity contribution is 8.03. The van der Waals surface area contributed by atoms with Gasteiger partial charge in [-0.1, -0.05) is 30.4 Å². The molecule has 2 rings (SSSR count). The molecule has 5 nitrogen and oxygen atoms in total. The normalized spacial score (nSPS) is 12.1. The summed E-state index contributed by atoms with van der Waals surface area (Å²) in [5.41, 5.74) is 1.35. The van der Waals surface area contributed by atoms with E-state index in [9.17, 15) is 13.0 Å². The fourth-order valence-corrected chi connectivity index (χ4v) is 4.32. The van der Waals surface area contributed by atoms with Gasteiger partial charge in [-0.25, -0.2) is 8.42 Å². The van der Waals surface area contributed by atoms with Crippen molar-refractivity contribution in [3.05, 3.63) is 34.2 Å². The van der Waals surface area contributed by atoms with Crippen molar-refractivity contribution in [3.63, 3.8) is 0 Å². The number of hydrogen-bond acceptors (Lipinski definition) is 6. The van der Waals surface area contributed by atoms with Crippen molar-refractivity contribution in [2.24, 2.45) is 0 Å². The molecule has 0 aliphatic carbocycles. The number of aryl methyl sites for hydroxylation is 1. The van der Waals surface area contributed by atoms with Crippen LogP contribution in [0.5, 0.6) is 0 Å². The molecule has 0 saturated carbocycles. The molecule has 0 fully saturated rings. The van der Waals surface area contributed by atoms with E-state index in [2.05, 4.69) is 59.9 Å². The Morgan fingerprint density at radius 3 is 2.50 bits per heavy atom. The van der Waals surface area contributed by atoms with Crippen LogP contribution in [0.2, 0.25) is 0 Å². The summed E-state index contributed by atoms with van der Waals surface area (Å²) in [5, 5.41) is 1.35. The minimum Gasteiger partial charge on any atom is -0.726 e. The Bertz CT molecular complexity index is 782. The van der Waals surface area contributed by atoms with E-state index in [1.54, 1.807) is 0 Å². The van der Waals surface area contributed by atoms with Crippen LogP contribution in [0.25, 0.3) is 16.3 Å². The number of thioether (sulfide) groups is 1. The van der Waals surface area contributed by atoms with Crippen molar-refractivity contribution in [2.45, 2.75) is 34.2 Å². The second-order valence-corrected chi connectivity index (χ2v) is 8.28. The number of nitrogens with zero attached hydrogens (tertiary/aromatic N) is 1. The Kier molecular flexibility index (Phi) is 8.93. The van der Waals surface area contributed by atoms with E-state index >= 15 is 0 Å².